The molecule has 102 valence electrons. The monoisotopic (exact) mass is 260 g/mol. The van der Waals surface area contributed by atoms with E-state index in [1.807, 2.05) is 30.3 Å². The van der Waals surface area contributed by atoms with Gasteiger partial charge in [0.2, 0.25) is 0 Å². The summed E-state index contributed by atoms with van der Waals surface area (Å²) in [6, 6.07) is 9.29. The minimum Gasteiger partial charge on any atom is -0.484 e. The molecule has 2 rings (SSSR count). The normalized spacial score (nSPS) is 21.1. The molecule has 0 bridgehead atoms. The van der Waals surface area contributed by atoms with Crippen LogP contribution in [0.4, 0.5) is 0 Å². The zero-order chi connectivity index (χ0) is 13.5. The minimum atomic E-state index is -0.213. The number of nitrogens with zero attached hydrogens (tertiary/aromatic N) is 1. The van der Waals surface area contributed by atoms with Crippen LogP contribution in [-0.4, -0.2) is 18.2 Å². The summed E-state index contributed by atoms with van der Waals surface area (Å²) in [5, 5.41) is 4.18. The Labute approximate surface area is 113 Å². The van der Waals surface area contributed by atoms with Crippen LogP contribution in [0.1, 0.15) is 32.6 Å². The number of para-hydroxylation sites is 1. The van der Waals surface area contributed by atoms with Gasteiger partial charge in [0.15, 0.2) is 6.61 Å². The third kappa shape index (κ3) is 4.73. The van der Waals surface area contributed by atoms with Crippen molar-refractivity contribution in [3.63, 3.8) is 0 Å². The second kappa shape index (κ2) is 6.92. The summed E-state index contributed by atoms with van der Waals surface area (Å²) in [5.41, 5.74) is 3.66. The maximum Gasteiger partial charge on any atom is 0.277 e. The lowest BCUT2D eigenvalue weighted by molar-refractivity contribution is -0.123. The molecule has 1 aromatic rings. The lowest BCUT2D eigenvalue weighted by Gasteiger charge is -2.18. The molecule has 0 aliphatic heterocycles. The van der Waals surface area contributed by atoms with Gasteiger partial charge in [-0.3, -0.25) is 4.79 Å². The first-order valence-corrected chi connectivity index (χ1v) is 6.76. The molecule has 19 heavy (non-hydrogen) atoms. The van der Waals surface area contributed by atoms with E-state index in [0.717, 1.165) is 25.0 Å². The molecule has 0 spiro atoms. The zero-order valence-corrected chi connectivity index (χ0v) is 11.3. The number of hydrogen-bond acceptors (Lipinski definition) is 3. The Balaban J connectivity index is 1.74. The van der Waals surface area contributed by atoms with Crippen LogP contribution < -0.4 is 10.2 Å². The molecule has 4 nitrogen and oxygen atoms in total. The topological polar surface area (TPSA) is 50.7 Å². The standard InChI is InChI=1S/C15H20N2O2/c1-12-6-5-7-13(10-12)16-17-15(18)11-19-14-8-3-2-4-9-14/h2-4,8-9,12H,5-7,10-11H2,1H3,(H,17,18)/b16-13+/t12-/m0/s1. The van der Waals surface area contributed by atoms with Crippen LogP contribution >= 0.6 is 0 Å². The number of amides is 1. The Hall–Kier alpha value is -1.84. The molecule has 1 aromatic carbocycles. The highest BCUT2D eigenvalue weighted by Crippen LogP contribution is 2.20. The van der Waals surface area contributed by atoms with Gasteiger partial charge in [-0.2, -0.15) is 5.10 Å². The fourth-order valence-corrected chi connectivity index (χ4v) is 2.20. The van der Waals surface area contributed by atoms with Gasteiger partial charge in [-0.1, -0.05) is 25.1 Å². The van der Waals surface area contributed by atoms with E-state index >= 15 is 0 Å². The number of carbonyl (C=O) groups excluding carboxylic acids is 1. The molecule has 0 radical (unpaired) electrons. The molecule has 0 unspecified atom stereocenters. The Morgan fingerprint density at radius 2 is 2.21 bits per heavy atom. The number of hydrazone groups is 1. The highest BCUT2D eigenvalue weighted by Gasteiger charge is 2.14. The first kappa shape index (κ1) is 13.6. The third-order valence-electron chi connectivity index (χ3n) is 3.20. The van der Waals surface area contributed by atoms with Gasteiger partial charge >= 0.3 is 0 Å². The molecule has 0 saturated heterocycles. The van der Waals surface area contributed by atoms with Crippen molar-refractivity contribution < 1.29 is 9.53 Å². The number of rotatable bonds is 4. The van der Waals surface area contributed by atoms with E-state index in [0.29, 0.717) is 11.7 Å². The molecule has 4 heteroatoms. The van der Waals surface area contributed by atoms with E-state index in [1.165, 1.54) is 6.42 Å². The average molecular weight is 260 g/mol. The Kier molecular flexibility index (Phi) is 4.95. The van der Waals surface area contributed by atoms with E-state index in [2.05, 4.69) is 17.5 Å². The molecule has 1 fully saturated rings. The lowest BCUT2D eigenvalue weighted by atomic mass is 9.89. The quantitative estimate of drug-likeness (QED) is 0.846. The highest BCUT2D eigenvalue weighted by molar-refractivity contribution is 5.87. The number of ether oxygens (including phenoxy) is 1. The number of nitrogens with one attached hydrogen (secondary N) is 1. The van der Waals surface area contributed by atoms with Crippen LogP contribution in [0.5, 0.6) is 5.75 Å². The van der Waals surface area contributed by atoms with Crippen LogP contribution in [0.25, 0.3) is 0 Å². The number of carbonyl (C=O) groups is 1. The van der Waals surface area contributed by atoms with Gasteiger partial charge in [0, 0.05) is 5.71 Å². The Bertz CT molecular complexity index is 443. The van der Waals surface area contributed by atoms with E-state index < -0.39 is 0 Å². The van der Waals surface area contributed by atoms with Crippen molar-refractivity contribution in [1.82, 2.24) is 5.43 Å². The molecule has 1 N–H and O–H groups in total. The zero-order valence-electron chi connectivity index (χ0n) is 11.3. The van der Waals surface area contributed by atoms with Crippen molar-refractivity contribution >= 4 is 11.6 Å². The van der Waals surface area contributed by atoms with Gasteiger partial charge in [0.1, 0.15) is 5.75 Å². The maximum atomic E-state index is 11.6. The maximum absolute atomic E-state index is 11.6. The summed E-state index contributed by atoms with van der Waals surface area (Å²) in [5.74, 6) is 1.15. The molecule has 0 heterocycles. The van der Waals surface area contributed by atoms with Crippen LogP contribution in [0.3, 0.4) is 0 Å². The van der Waals surface area contributed by atoms with Gasteiger partial charge in [0.25, 0.3) is 5.91 Å². The lowest BCUT2D eigenvalue weighted by Crippen LogP contribution is -2.26. The summed E-state index contributed by atoms with van der Waals surface area (Å²) in [7, 11) is 0. The predicted molar refractivity (Wildman–Crippen MR) is 75.1 cm³/mol. The van der Waals surface area contributed by atoms with Crippen LogP contribution in [0.15, 0.2) is 35.4 Å². The smallest absolute Gasteiger partial charge is 0.277 e. The fraction of sp³-hybridized carbons (Fsp3) is 0.467. The molecular weight excluding hydrogens is 240 g/mol. The molecule has 1 aliphatic rings. The summed E-state index contributed by atoms with van der Waals surface area (Å²) in [6.07, 6.45) is 4.39. The molecular formula is C15H20N2O2. The van der Waals surface area contributed by atoms with E-state index in [9.17, 15) is 4.79 Å². The summed E-state index contributed by atoms with van der Waals surface area (Å²) in [4.78, 5) is 11.6. The summed E-state index contributed by atoms with van der Waals surface area (Å²) in [6.45, 7) is 2.21. The third-order valence-corrected chi connectivity index (χ3v) is 3.20. The highest BCUT2D eigenvalue weighted by atomic mass is 16.5. The van der Waals surface area contributed by atoms with Crippen LogP contribution in [0.2, 0.25) is 0 Å². The minimum absolute atomic E-state index is 0.00362. The molecule has 1 amide bonds. The second-order valence-electron chi connectivity index (χ2n) is 5.02. The van der Waals surface area contributed by atoms with E-state index in [-0.39, 0.29) is 12.5 Å². The second-order valence-corrected chi connectivity index (χ2v) is 5.02. The van der Waals surface area contributed by atoms with Crippen molar-refractivity contribution in [2.24, 2.45) is 11.0 Å². The summed E-state index contributed by atoms with van der Waals surface area (Å²) < 4.78 is 5.35. The molecule has 1 atom stereocenters. The van der Waals surface area contributed by atoms with Crippen molar-refractivity contribution in [2.75, 3.05) is 6.61 Å². The van der Waals surface area contributed by atoms with Crippen LogP contribution in [-0.2, 0) is 4.79 Å². The largest absolute Gasteiger partial charge is 0.484 e. The first-order chi connectivity index (χ1) is 9.24. The number of hydrogen-bond donors (Lipinski definition) is 1. The van der Waals surface area contributed by atoms with Crippen LogP contribution in [0, 0.1) is 5.92 Å². The Morgan fingerprint density at radius 1 is 1.42 bits per heavy atom. The first-order valence-electron chi connectivity index (χ1n) is 6.76. The van der Waals surface area contributed by atoms with Gasteiger partial charge < -0.3 is 4.74 Å². The SMILES string of the molecule is C[C@H]1CCC/C(=N\NC(=O)COc2ccccc2)C1. The van der Waals surface area contributed by atoms with Crippen molar-refractivity contribution in [3.8, 4) is 5.75 Å². The van der Waals surface area contributed by atoms with Gasteiger partial charge in [-0.25, -0.2) is 5.43 Å². The van der Waals surface area contributed by atoms with Gasteiger partial charge in [0.05, 0.1) is 0 Å². The summed E-state index contributed by atoms with van der Waals surface area (Å²) >= 11 is 0. The fourth-order valence-electron chi connectivity index (χ4n) is 2.20. The van der Waals surface area contributed by atoms with E-state index in [1.54, 1.807) is 0 Å². The molecule has 1 aliphatic carbocycles. The van der Waals surface area contributed by atoms with E-state index in [4.69, 9.17) is 4.74 Å². The molecule has 1 saturated carbocycles. The van der Waals surface area contributed by atoms with Crippen molar-refractivity contribution in [1.29, 1.82) is 0 Å². The predicted octanol–water partition coefficient (Wildman–Crippen LogP) is 2.75. The molecule has 0 aromatic heterocycles. The van der Waals surface area contributed by atoms with Gasteiger partial charge in [-0.15, -0.1) is 0 Å². The number of benzene rings is 1. The Morgan fingerprint density at radius 3 is 2.95 bits per heavy atom. The van der Waals surface area contributed by atoms with Crippen molar-refractivity contribution in [2.45, 2.75) is 32.6 Å². The van der Waals surface area contributed by atoms with Crippen molar-refractivity contribution in [3.05, 3.63) is 30.3 Å². The average Bonchev–Trinajstić information content (AvgIpc) is 2.44. The van der Waals surface area contributed by atoms with Gasteiger partial charge in [-0.05, 0) is 43.7 Å².